The predicted molar refractivity (Wildman–Crippen MR) is 102 cm³/mol. The number of nitrogens with zero attached hydrogens (tertiary/aromatic N) is 2. The predicted octanol–water partition coefficient (Wildman–Crippen LogP) is 3.27. The van der Waals surface area contributed by atoms with Gasteiger partial charge in [0.2, 0.25) is 0 Å². The Bertz CT molecular complexity index is 926. The summed E-state index contributed by atoms with van der Waals surface area (Å²) in [5.41, 5.74) is 4.74. The molecule has 1 aromatic carbocycles. The zero-order valence-corrected chi connectivity index (χ0v) is 14.9. The fraction of sp³-hybridized carbons (Fsp3) is 0.333. The molecular formula is C21H23N3O2. The van der Waals surface area contributed by atoms with Gasteiger partial charge in [-0.1, -0.05) is 6.07 Å². The van der Waals surface area contributed by atoms with Crippen LogP contribution in [-0.2, 0) is 6.61 Å². The second-order valence-corrected chi connectivity index (χ2v) is 6.99. The van der Waals surface area contributed by atoms with E-state index in [9.17, 15) is 10.2 Å². The second kappa shape index (κ2) is 7.02. The number of aliphatic hydroxyl groups is 1. The number of rotatable bonds is 3. The van der Waals surface area contributed by atoms with Crippen LogP contribution in [0.25, 0.3) is 22.3 Å². The maximum atomic E-state index is 10.4. The van der Waals surface area contributed by atoms with Gasteiger partial charge in [0.1, 0.15) is 5.75 Å². The fourth-order valence-electron chi connectivity index (χ4n) is 3.75. The van der Waals surface area contributed by atoms with Gasteiger partial charge in [0.25, 0.3) is 0 Å². The van der Waals surface area contributed by atoms with E-state index in [1.807, 2.05) is 25.1 Å². The van der Waals surface area contributed by atoms with Gasteiger partial charge < -0.3 is 15.5 Å². The SMILES string of the molecule is Cc1cc(CO)cc(O)c1-c1ccc2ccc(C3CCCNC3)nc2n1. The van der Waals surface area contributed by atoms with Gasteiger partial charge in [-0.25, -0.2) is 9.97 Å². The Balaban J connectivity index is 1.77. The van der Waals surface area contributed by atoms with Gasteiger partial charge in [0.05, 0.1) is 12.3 Å². The summed E-state index contributed by atoms with van der Waals surface area (Å²) in [4.78, 5) is 9.53. The molecule has 26 heavy (non-hydrogen) atoms. The van der Waals surface area contributed by atoms with Gasteiger partial charge in [0, 0.05) is 29.1 Å². The molecule has 134 valence electrons. The van der Waals surface area contributed by atoms with E-state index in [0.717, 1.165) is 36.2 Å². The number of phenolic OH excluding ortho intramolecular Hbond substituents is 1. The number of aromatic hydroxyl groups is 1. The molecule has 3 aromatic rings. The first-order valence-corrected chi connectivity index (χ1v) is 9.08. The van der Waals surface area contributed by atoms with E-state index in [1.165, 1.54) is 6.42 Å². The average Bonchev–Trinajstić information content (AvgIpc) is 2.67. The molecule has 1 unspecified atom stereocenters. The summed E-state index contributed by atoms with van der Waals surface area (Å²) in [6.07, 6.45) is 2.32. The van der Waals surface area contributed by atoms with Crippen molar-refractivity contribution in [1.29, 1.82) is 0 Å². The first-order valence-electron chi connectivity index (χ1n) is 9.08. The molecule has 3 heterocycles. The van der Waals surface area contributed by atoms with Crippen molar-refractivity contribution in [3.63, 3.8) is 0 Å². The van der Waals surface area contributed by atoms with Gasteiger partial charge in [0.15, 0.2) is 5.65 Å². The molecule has 0 aliphatic carbocycles. The monoisotopic (exact) mass is 349 g/mol. The van der Waals surface area contributed by atoms with E-state index < -0.39 is 0 Å². The number of fused-ring (bicyclic) bond motifs is 1. The molecule has 1 saturated heterocycles. The third-order valence-corrected chi connectivity index (χ3v) is 5.10. The Morgan fingerprint density at radius 1 is 1.15 bits per heavy atom. The third kappa shape index (κ3) is 3.16. The zero-order chi connectivity index (χ0) is 18.1. The highest BCUT2D eigenvalue weighted by Gasteiger charge is 2.17. The Labute approximate surface area is 152 Å². The smallest absolute Gasteiger partial charge is 0.160 e. The normalized spacial score (nSPS) is 17.5. The zero-order valence-electron chi connectivity index (χ0n) is 14.9. The van der Waals surface area contributed by atoms with E-state index in [-0.39, 0.29) is 12.4 Å². The minimum atomic E-state index is -0.0971. The lowest BCUT2D eigenvalue weighted by molar-refractivity contribution is 0.281. The molecule has 0 bridgehead atoms. The molecule has 2 aromatic heterocycles. The summed E-state index contributed by atoms with van der Waals surface area (Å²) in [5.74, 6) is 0.561. The average molecular weight is 349 g/mol. The van der Waals surface area contributed by atoms with Crippen LogP contribution in [0, 0.1) is 6.92 Å². The van der Waals surface area contributed by atoms with Gasteiger partial charge in [-0.05, 0) is 67.8 Å². The maximum Gasteiger partial charge on any atom is 0.160 e. The lowest BCUT2D eigenvalue weighted by Crippen LogP contribution is -2.28. The van der Waals surface area contributed by atoms with Gasteiger partial charge in [-0.2, -0.15) is 0 Å². The minimum absolute atomic E-state index is 0.0971. The van der Waals surface area contributed by atoms with Gasteiger partial charge >= 0.3 is 0 Å². The molecule has 1 aliphatic heterocycles. The number of aliphatic hydroxyl groups excluding tert-OH is 1. The molecule has 1 atom stereocenters. The van der Waals surface area contributed by atoms with Crippen LogP contribution in [0.4, 0.5) is 0 Å². The molecule has 0 spiro atoms. The summed E-state index contributed by atoms with van der Waals surface area (Å²) < 4.78 is 0. The van der Waals surface area contributed by atoms with Gasteiger partial charge in [-0.15, -0.1) is 0 Å². The van der Waals surface area contributed by atoms with Crippen molar-refractivity contribution in [1.82, 2.24) is 15.3 Å². The van der Waals surface area contributed by atoms with E-state index >= 15 is 0 Å². The third-order valence-electron chi connectivity index (χ3n) is 5.10. The van der Waals surface area contributed by atoms with Crippen molar-refractivity contribution in [2.75, 3.05) is 13.1 Å². The first kappa shape index (κ1) is 16.9. The van der Waals surface area contributed by atoms with Crippen LogP contribution in [0.2, 0.25) is 0 Å². The highest BCUT2D eigenvalue weighted by atomic mass is 16.3. The fourth-order valence-corrected chi connectivity index (χ4v) is 3.75. The molecular weight excluding hydrogens is 326 g/mol. The van der Waals surface area contributed by atoms with Crippen LogP contribution >= 0.6 is 0 Å². The van der Waals surface area contributed by atoms with Crippen molar-refractivity contribution in [3.8, 4) is 17.0 Å². The number of phenols is 1. The van der Waals surface area contributed by atoms with Crippen molar-refractivity contribution >= 4 is 11.0 Å². The number of benzene rings is 1. The Morgan fingerprint density at radius 2 is 2.00 bits per heavy atom. The van der Waals surface area contributed by atoms with E-state index in [0.29, 0.717) is 28.4 Å². The summed E-state index contributed by atoms with van der Waals surface area (Å²) in [6, 6.07) is 11.5. The summed E-state index contributed by atoms with van der Waals surface area (Å²) in [7, 11) is 0. The number of nitrogens with one attached hydrogen (secondary N) is 1. The van der Waals surface area contributed by atoms with Crippen molar-refractivity contribution in [2.45, 2.75) is 32.3 Å². The quantitative estimate of drug-likeness (QED) is 0.676. The van der Waals surface area contributed by atoms with Crippen LogP contribution < -0.4 is 5.32 Å². The molecule has 5 heteroatoms. The summed E-state index contributed by atoms with van der Waals surface area (Å²) >= 11 is 0. The molecule has 4 rings (SSSR count). The van der Waals surface area contributed by atoms with E-state index in [4.69, 9.17) is 9.97 Å². The summed E-state index contributed by atoms with van der Waals surface area (Å²) in [6.45, 7) is 3.85. The topological polar surface area (TPSA) is 78.3 Å². The van der Waals surface area contributed by atoms with Crippen molar-refractivity contribution in [2.24, 2.45) is 0 Å². The molecule has 0 saturated carbocycles. The molecule has 5 nitrogen and oxygen atoms in total. The van der Waals surface area contributed by atoms with Crippen LogP contribution in [0.3, 0.4) is 0 Å². The standard InChI is InChI=1S/C21H23N3O2/c1-13-9-14(12-25)10-19(26)20(13)18-7-5-15-4-6-17(23-21(15)24-18)16-3-2-8-22-11-16/h4-7,9-10,16,22,25-26H,2-3,8,11-12H2,1H3. The maximum absolute atomic E-state index is 10.4. The Hall–Kier alpha value is -2.50. The van der Waals surface area contributed by atoms with Crippen molar-refractivity contribution in [3.05, 3.63) is 53.2 Å². The number of hydrogen-bond donors (Lipinski definition) is 3. The van der Waals surface area contributed by atoms with Gasteiger partial charge in [-0.3, -0.25) is 0 Å². The molecule has 1 fully saturated rings. The molecule has 0 amide bonds. The van der Waals surface area contributed by atoms with Crippen molar-refractivity contribution < 1.29 is 10.2 Å². The van der Waals surface area contributed by atoms with Crippen LogP contribution in [0.5, 0.6) is 5.75 Å². The first-order chi connectivity index (χ1) is 12.7. The Kier molecular flexibility index (Phi) is 4.57. The van der Waals surface area contributed by atoms with E-state index in [2.05, 4.69) is 17.4 Å². The minimum Gasteiger partial charge on any atom is -0.507 e. The highest BCUT2D eigenvalue weighted by molar-refractivity contribution is 5.81. The second-order valence-electron chi connectivity index (χ2n) is 6.99. The largest absolute Gasteiger partial charge is 0.507 e. The van der Waals surface area contributed by atoms with Crippen LogP contribution in [0.1, 0.15) is 35.6 Å². The number of aryl methyl sites for hydroxylation is 1. The number of aromatic nitrogens is 2. The lowest BCUT2D eigenvalue weighted by atomic mass is 9.95. The molecule has 1 aliphatic rings. The Morgan fingerprint density at radius 3 is 2.73 bits per heavy atom. The highest BCUT2D eigenvalue weighted by Crippen LogP contribution is 2.33. The number of pyridine rings is 2. The summed E-state index contributed by atoms with van der Waals surface area (Å²) in [5, 5.41) is 24.1. The van der Waals surface area contributed by atoms with E-state index in [1.54, 1.807) is 6.07 Å². The van der Waals surface area contributed by atoms with Crippen LogP contribution in [0.15, 0.2) is 36.4 Å². The number of hydrogen-bond acceptors (Lipinski definition) is 5. The molecule has 3 N–H and O–H groups in total. The lowest BCUT2D eigenvalue weighted by Gasteiger charge is -2.22. The molecule has 0 radical (unpaired) electrons. The number of piperidine rings is 1. The van der Waals surface area contributed by atoms with Crippen LogP contribution in [-0.4, -0.2) is 33.3 Å².